The van der Waals surface area contributed by atoms with Gasteiger partial charge in [0.2, 0.25) is 5.91 Å². The average molecular weight is 604 g/mol. The molecule has 6 rings (SSSR count). The van der Waals surface area contributed by atoms with E-state index in [0.717, 1.165) is 37.7 Å². The van der Waals surface area contributed by atoms with E-state index in [1.54, 1.807) is 21.7 Å². The largest absolute Gasteiger partial charge is 0.387 e. The van der Waals surface area contributed by atoms with Gasteiger partial charge in [0.1, 0.15) is 0 Å². The van der Waals surface area contributed by atoms with Crippen molar-refractivity contribution < 1.29 is 19.4 Å². The SMILES string of the molecule is C[C@H](CC1CCCCC1)C(=O)N1CC[C@@](O)(Cn2cc(C(=O)N3CCOCC3)c(-c3ccccc3)cc2=O)C2(CCCC2)C1. The van der Waals surface area contributed by atoms with Crippen molar-refractivity contribution in [1.29, 1.82) is 0 Å². The maximum absolute atomic E-state index is 13.9. The van der Waals surface area contributed by atoms with Crippen molar-refractivity contribution in [2.45, 2.75) is 89.7 Å². The number of nitrogens with zero attached hydrogens (tertiary/aromatic N) is 3. The number of likely N-dealkylation sites (tertiary alicyclic amines) is 1. The lowest BCUT2D eigenvalue weighted by Crippen LogP contribution is -2.62. The van der Waals surface area contributed by atoms with E-state index in [0.29, 0.717) is 62.9 Å². The zero-order valence-electron chi connectivity index (χ0n) is 26.3. The molecule has 1 N–H and O–H groups in total. The van der Waals surface area contributed by atoms with E-state index in [9.17, 15) is 19.5 Å². The second kappa shape index (κ2) is 13.2. The smallest absolute Gasteiger partial charge is 0.256 e. The molecule has 2 saturated heterocycles. The Morgan fingerprint density at radius 2 is 1.66 bits per heavy atom. The molecular weight excluding hydrogens is 554 g/mol. The van der Waals surface area contributed by atoms with Crippen molar-refractivity contribution in [2.24, 2.45) is 17.3 Å². The van der Waals surface area contributed by atoms with Crippen molar-refractivity contribution in [3.63, 3.8) is 0 Å². The molecule has 4 aliphatic rings. The highest BCUT2D eigenvalue weighted by Gasteiger charge is 2.56. The summed E-state index contributed by atoms with van der Waals surface area (Å²) in [5.41, 5.74) is 0.0445. The highest BCUT2D eigenvalue weighted by Crippen LogP contribution is 2.52. The molecule has 8 nitrogen and oxygen atoms in total. The van der Waals surface area contributed by atoms with Crippen LogP contribution >= 0.6 is 0 Å². The lowest BCUT2D eigenvalue weighted by atomic mass is 9.65. The van der Waals surface area contributed by atoms with E-state index in [2.05, 4.69) is 6.92 Å². The van der Waals surface area contributed by atoms with Gasteiger partial charge in [0.05, 0.1) is 30.9 Å². The fourth-order valence-electron chi connectivity index (χ4n) is 8.56. The molecule has 8 heteroatoms. The summed E-state index contributed by atoms with van der Waals surface area (Å²) in [6, 6.07) is 11.1. The zero-order valence-corrected chi connectivity index (χ0v) is 26.3. The minimum atomic E-state index is -1.15. The van der Waals surface area contributed by atoms with Gasteiger partial charge in [-0.25, -0.2) is 0 Å². The number of morpholine rings is 1. The number of aromatic nitrogens is 1. The number of amides is 2. The van der Waals surface area contributed by atoms with Gasteiger partial charge in [-0.2, -0.15) is 0 Å². The zero-order chi connectivity index (χ0) is 30.7. The van der Waals surface area contributed by atoms with Crippen LogP contribution in [-0.2, 0) is 16.1 Å². The van der Waals surface area contributed by atoms with Crippen molar-refractivity contribution >= 4 is 11.8 Å². The molecular formula is C36H49N3O5. The van der Waals surface area contributed by atoms with Crippen LogP contribution in [0.5, 0.6) is 0 Å². The Labute approximate surface area is 261 Å². The summed E-state index contributed by atoms with van der Waals surface area (Å²) < 4.78 is 7.04. The summed E-state index contributed by atoms with van der Waals surface area (Å²) in [6.45, 7) is 5.20. The first kappa shape index (κ1) is 31.0. The lowest BCUT2D eigenvalue weighted by Gasteiger charge is -2.53. The normalized spacial score (nSPS) is 24.9. The van der Waals surface area contributed by atoms with Crippen LogP contribution in [0.3, 0.4) is 0 Å². The van der Waals surface area contributed by atoms with Crippen LogP contribution in [0.25, 0.3) is 11.1 Å². The highest BCUT2D eigenvalue weighted by molar-refractivity contribution is 6.00. The Balaban J connectivity index is 1.26. The first-order chi connectivity index (χ1) is 21.3. The summed E-state index contributed by atoms with van der Waals surface area (Å²) in [6.07, 6.45) is 13.1. The Hall–Kier alpha value is -2.97. The van der Waals surface area contributed by atoms with Crippen LogP contribution < -0.4 is 5.56 Å². The standard InChI is InChI=1S/C36H49N3O5/c1-27(22-28-10-4-2-5-11-28)33(41)38-17-16-36(43,35(25-38)14-8-9-15-35)26-39-24-31(34(42)37-18-20-44-21-19-37)30(23-32(39)40)29-12-6-3-7-13-29/h3,6-7,12-13,23-24,27-28,43H,2,4-5,8-11,14-22,25-26H2,1H3/t27-,36-/m1/s1. The molecule has 2 aromatic rings. The Kier molecular flexibility index (Phi) is 9.29. The van der Waals surface area contributed by atoms with E-state index in [-0.39, 0.29) is 29.8 Å². The van der Waals surface area contributed by atoms with Gasteiger partial charge in [-0.1, -0.05) is 82.2 Å². The van der Waals surface area contributed by atoms with Gasteiger partial charge in [-0.3, -0.25) is 14.4 Å². The van der Waals surface area contributed by atoms with Crippen molar-refractivity contribution in [1.82, 2.24) is 14.4 Å². The van der Waals surface area contributed by atoms with Crippen molar-refractivity contribution in [3.05, 3.63) is 58.5 Å². The average Bonchev–Trinajstić information content (AvgIpc) is 3.54. The number of carbonyl (C=O) groups excluding carboxylic acids is 2. The number of hydrogen-bond acceptors (Lipinski definition) is 5. The number of aliphatic hydroxyl groups is 1. The predicted molar refractivity (Wildman–Crippen MR) is 170 cm³/mol. The molecule has 2 amide bonds. The monoisotopic (exact) mass is 603 g/mol. The van der Waals surface area contributed by atoms with Gasteiger partial charge in [0, 0.05) is 55.3 Å². The van der Waals surface area contributed by atoms with Crippen LogP contribution in [0.4, 0.5) is 0 Å². The van der Waals surface area contributed by atoms with E-state index >= 15 is 0 Å². The molecule has 1 spiro atoms. The topological polar surface area (TPSA) is 92.1 Å². The van der Waals surface area contributed by atoms with Gasteiger partial charge < -0.3 is 24.2 Å². The van der Waals surface area contributed by atoms with Crippen LogP contribution in [0.15, 0.2) is 47.4 Å². The van der Waals surface area contributed by atoms with Gasteiger partial charge in [0.25, 0.3) is 11.5 Å². The molecule has 1 aromatic heterocycles. The molecule has 3 heterocycles. The predicted octanol–water partition coefficient (Wildman–Crippen LogP) is 5.12. The minimum Gasteiger partial charge on any atom is -0.387 e. The van der Waals surface area contributed by atoms with Gasteiger partial charge >= 0.3 is 0 Å². The third kappa shape index (κ3) is 6.25. The lowest BCUT2D eigenvalue weighted by molar-refractivity contribution is -0.163. The van der Waals surface area contributed by atoms with Gasteiger partial charge in [-0.15, -0.1) is 0 Å². The van der Waals surface area contributed by atoms with E-state index in [1.807, 2.05) is 35.2 Å². The number of rotatable bonds is 7. The van der Waals surface area contributed by atoms with E-state index in [4.69, 9.17) is 4.74 Å². The molecule has 238 valence electrons. The molecule has 0 bridgehead atoms. The molecule has 4 fully saturated rings. The summed E-state index contributed by atoms with van der Waals surface area (Å²) >= 11 is 0. The summed E-state index contributed by atoms with van der Waals surface area (Å²) in [4.78, 5) is 45.0. The molecule has 2 aliphatic heterocycles. The highest BCUT2D eigenvalue weighted by atomic mass is 16.5. The fourth-order valence-corrected chi connectivity index (χ4v) is 8.56. The number of benzene rings is 1. The third-order valence-corrected chi connectivity index (χ3v) is 11.2. The van der Waals surface area contributed by atoms with Crippen molar-refractivity contribution in [2.75, 3.05) is 39.4 Å². The van der Waals surface area contributed by atoms with Crippen LogP contribution in [-0.4, -0.2) is 76.3 Å². The quantitative estimate of drug-likeness (QED) is 0.475. The summed E-state index contributed by atoms with van der Waals surface area (Å²) in [5.74, 6) is 0.720. The first-order valence-electron chi connectivity index (χ1n) is 17.0. The maximum atomic E-state index is 13.9. The number of piperidine rings is 1. The van der Waals surface area contributed by atoms with Gasteiger partial charge in [-0.05, 0) is 37.2 Å². The molecule has 2 aliphatic carbocycles. The fraction of sp³-hybridized carbons (Fsp3) is 0.639. The molecule has 2 saturated carbocycles. The Bertz CT molecular complexity index is 1370. The maximum Gasteiger partial charge on any atom is 0.256 e. The second-order valence-corrected chi connectivity index (χ2v) is 14.0. The molecule has 2 atom stereocenters. The second-order valence-electron chi connectivity index (χ2n) is 14.0. The van der Waals surface area contributed by atoms with Crippen LogP contribution in [0, 0.1) is 17.3 Å². The summed E-state index contributed by atoms with van der Waals surface area (Å²) in [5, 5.41) is 12.5. The van der Waals surface area contributed by atoms with Crippen LogP contribution in [0.1, 0.15) is 87.9 Å². The minimum absolute atomic E-state index is 0.00958. The third-order valence-electron chi connectivity index (χ3n) is 11.2. The number of hydrogen-bond donors (Lipinski definition) is 1. The van der Waals surface area contributed by atoms with Gasteiger partial charge in [0.15, 0.2) is 0 Å². The Morgan fingerprint density at radius 3 is 2.36 bits per heavy atom. The summed E-state index contributed by atoms with van der Waals surface area (Å²) in [7, 11) is 0. The Morgan fingerprint density at radius 1 is 0.955 bits per heavy atom. The number of ether oxygens (including phenoxy) is 1. The van der Waals surface area contributed by atoms with E-state index < -0.39 is 11.0 Å². The molecule has 44 heavy (non-hydrogen) atoms. The molecule has 1 aromatic carbocycles. The molecule has 0 unspecified atom stereocenters. The van der Waals surface area contributed by atoms with Crippen molar-refractivity contribution in [3.8, 4) is 11.1 Å². The molecule has 0 radical (unpaired) electrons. The number of pyridine rings is 1. The van der Waals surface area contributed by atoms with Crippen LogP contribution in [0.2, 0.25) is 0 Å². The first-order valence-corrected chi connectivity index (χ1v) is 17.0. The van der Waals surface area contributed by atoms with E-state index in [1.165, 1.54) is 32.1 Å². The number of carbonyl (C=O) groups is 2.